The highest BCUT2D eigenvalue weighted by atomic mass is 16.5. The summed E-state index contributed by atoms with van der Waals surface area (Å²) in [7, 11) is 1.67. The van der Waals surface area contributed by atoms with Gasteiger partial charge in [-0.05, 0) is 98.8 Å². The van der Waals surface area contributed by atoms with E-state index in [9.17, 15) is 9.90 Å². The number of amides is 1. The van der Waals surface area contributed by atoms with Crippen molar-refractivity contribution in [2.24, 2.45) is 23.2 Å². The van der Waals surface area contributed by atoms with Gasteiger partial charge >= 0.3 is 0 Å². The fourth-order valence-electron chi connectivity index (χ4n) is 7.05. The third-order valence-corrected chi connectivity index (χ3v) is 7.91. The molecule has 4 nitrogen and oxygen atoms in total. The molecule has 5 aliphatic rings. The molecule has 1 atom stereocenters. The van der Waals surface area contributed by atoms with Crippen LogP contribution in [0.4, 0.5) is 0 Å². The zero-order valence-electron chi connectivity index (χ0n) is 16.3. The maximum Gasteiger partial charge on any atom is 0.226 e. The Balaban J connectivity index is 1.32. The van der Waals surface area contributed by atoms with E-state index in [2.05, 4.69) is 5.32 Å². The van der Waals surface area contributed by atoms with Crippen molar-refractivity contribution in [3.8, 4) is 5.75 Å². The third kappa shape index (κ3) is 2.88. The van der Waals surface area contributed by atoms with Crippen molar-refractivity contribution in [3.05, 3.63) is 29.3 Å². The minimum Gasteiger partial charge on any atom is -0.497 e. The first-order valence-corrected chi connectivity index (χ1v) is 10.7. The maximum atomic E-state index is 13.3. The number of carbonyl (C=O) groups excluding carboxylic acids is 1. The minimum absolute atomic E-state index is 0.150. The number of benzene rings is 1. The first-order valence-electron chi connectivity index (χ1n) is 10.7. The minimum atomic E-state index is -0.961. The molecule has 2 N–H and O–H groups in total. The third-order valence-electron chi connectivity index (χ3n) is 7.91. The van der Waals surface area contributed by atoms with Crippen molar-refractivity contribution in [2.45, 2.75) is 63.4 Å². The summed E-state index contributed by atoms with van der Waals surface area (Å²) in [6, 6.07) is 5.92. The molecule has 4 fully saturated rings. The second kappa shape index (κ2) is 6.23. The van der Waals surface area contributed by atoms with E-state index < -0.39 is 5.60 Å². The highest BCUT2D eigenvalue weighted by molar-refractivity contribution is 5.83. The van der Waals surface area contributed by atoms with E-state index in [0.717, 1.165) is 66.7 Å². The van der Waals surface area contributed by atoms with Crippen LogP contribution in [-0.2, 0) is 16.8 Å². The highest BCUT2D eigenvalue weighted by Gasteiger charge is 2.54. The van der Waals surface area contributed by atoms with E-state index >= 15 is 0 Å². The van der Waals surface area contributed by atoms with Crippen molar-refractivity contribution < 1.29 is 14.6 Å². The summed E-state index contributed by atoms with van der Waals surface area (Å²) in [5.41, 5.74) is 0.993. The SMILES string of the molecule is COc1ccc2c(c1)CCCC2(O)CNC(=O)C12CC3CC(CC(C3)C1)C2. The number of fused-ring (bicyclic) bond motifs is 1. The molecule has 6 rings (SSSR count). The lowest BCUT2D eigenvalue weighted by molar-refractivity contribution is -0.147. The molecule has 1 unspecified atom stereocenters. The molecule has 0 radical (unpaired) electrons. The van der Waals surface area contributed by atoms with Crippen molar-refractivity contribution >= 4 is 5.91 Å². The molecule has 1 aromatic carbocycles. The molecule has 27 heavy (non-hydrogen) atoms. The van der Waals surface area contributed by atoms with Gasteiger partial charge < -0.3 is 15.2 Å². The van der Waals surface area contributed by atoms with Crippen LogP contribution >= 0.6 is 0 Å². The lowest BCUT2D eigenvalue weighted by Gasteiger charge is -2.55. The summed E-state index contributed by atoms with van der Waals surface area (Å²) in [6.45, 7) is 0.326. The number of hydrogen-bond donors (Lipinski definition) is 2. The van der Waals surface area contributed by atoms with Crippen LogP contribution in [0.15, 0.2) is 18.2 Å². The fraction of sp³-hybridized carbons (Fsp3) is 0.696. The molecule has 0 saturated heterocycles. The van der Waals surface area contributed by atoms with Crippen LogP contribution in [0.3, 0.4) is 0 Å². The summed E-state index contributed by atoms with van der Waals surface area (Å²) in [5, 5.41) is 14.6. The smallest absolute Gasteiger partial charge is 0.226 e. The number of hydrogen-bond acceptors (Lipinski definition) is 3. The Morgan fingerprint density at radius 1 is 1.19 bits per heavy atom. The molecule has 0 heterocycles. The molecular weight excluding hydrogens is 338 g/mol. The Bertz CT molecular complexity index is 723. The molecular formula is C23H31NO3. The van der Waals surface area contributed by atoms with Gasteiger partial charge in [-0.25, -0.2) is 0 Å². The number of nitrogens with one attached hydrogen (secondary N) is 1. The van der Waals surface area contributed by atoms with Crippen LogP contribution in [0, 0.1) is 23.2 Å². The summed E-state index contributed by atoms with van der Waals surface area (Å²) in [5.74, 6) is 3.31. The molecule has 1 aromatic rings. The number of methoxy groups -OCH3 is 1. The zero-order chi connectivity index (χ0) is 18.6. The predicted molar refractivity (Wildman–Crippen MR) is 103 cm³/mol. The standard InChI is InChI=1S/C23H31NO3/c1-27-19-4-5-20-18(10-19)3-2-6-23(20,26)14-24-21(25)22-11-15-7-16(12-22)9-17(8-15)13-22/h4-5,10,15-17,26H,2-3,6-9,11-14H2,1H3,(H,24,25). The molecule has 4 saturated carbocycles. The summed E-state index contributed by atoms with van der Waals surface area (Å²) < 4.78 is 5.33. The molecule has 0 aromatic heterocycles. The van der Waals surface area contributed by atoms with Gasteiger partial charge in [0.25, 0.3) is 0 Å². The average molecular weight is 370 g/mol. The molecule has 1 amide bonds. The monoisotopic (exact) mass is 369 g/mol. The first-order chi connectivity index (χ1) is 13.0. The van der Waals surface area contributed by atoms with E-state index in [4.69, 9.17) is 4.74 Å². The quantitative estimate of drug-likeness (QED) is 0.853. The van der Waals surface area contributed by atoms with E-state index in [0.29, 0.717) is 13.0 Å². The van der Waals surface area contributed by atoms with Gasteiger partial charge in [0.1, 0.15) is 11.4 Å². The van der Waals surface area contributed by atoms with E-state index in [1.165, 1.54) is 19.3 Å². The zero-order valence-corrected chi connectivity index (χ0v) is 16.3. The lowest BCUT2D eigenvalue weighted by Crippen LogP contribution is -2.55. The van der Waals surface area contributed by atoms with Crippen LogP contribution in [0.25, 0.3) is 0 Å². The Morgan fingerprint density at radius 3 is 2.48 bits per heavy atom. The number of carbonyl (C=O) groups is 1. The van der Waals surface area contributed by atoms with E-state index in [1.807, 2.05) is 18.2 Å². The van der Waals surface area contributed by atoms with Gasteiger partial charge in [-0.3, -0.25) is 4.79 Å². The van der Waals surface area contributed by atoms with Gasteiger partial charge in [0.05, 0.1) is 13.7 Å². The summed E-state index contributed by atoms with van der Waals surface area (Å²) in [6.07, 6.45) is 9.81. The van der Waals surface area contributed by atoms with Gasteiger partial charge in [0.2, 0.25) is 5.91 Å². The van der Waals surface area contributed by atoms with E-state index in [-0.39, 0.29) is 11.3 Å². The Morgan fingerprint density at radius 2 is 1.85 bits per heavy atom. The number of aliphatic hydroxyl groups is 1. The number of aryl methyl sites for hydroxylation is 1. The van der Waals surface area contributed by atoms with Crippen LogP contribution in [0.1, 0.15) is 62.5 Å². The predicted octanol–water partition coefficient (Wildman–Crippen LogP) is 3.55. The van der Waals surface area contributed by atoms with Gasteiger partial charge in [-0.15, -0.1) is 0 Å². The van der Waals surface area contributed by atoms with Crippen LogP contribution in [-0.4, -0.2) is 24.7 Å². The van der Waals surface area contributed by atoms with Crippen LogP contribution in [0.2, 0.25) is 0 Å². The summed E-state index contributed by atoms with van der Waals surface area (Å²) >= 11 is 0. The molecule has 4 heteroatoms. The Hall–Kier alpha value is -1.55. The maximum absolute atomic E-state index is 13.3. The topological polar surface area (TPSA) is 58.6 Å². The van der Waals surface area contributed by atoms with Crippen molar-refractivity contribution in [1.29, 1.82) is 0 Å². The highest BCUT2D eigenvalue weighted by Crippen LogP contribution is 2.60. The largest absolute Gasteiger partial charge is 0.497 e. The second-order valence-electron chi connectivity index (χ2n) is 9.79. The Labute approximate surface area is 161 Å². The summed E-state index contributed by atoms with van der Waals surface area (Å²) in [4.78, 5) is 13.3. The van der Waals surface area contributed by atoms with Crippen LogP contribution < -0.4 is 10.1 Å². The molecule has 0 aliphatic heterocycles. The van der Waals surface area contributed by atoms with Crippen LogP contribution in [0.5, 0.6) is 5.75 Å². The normalized spacial score (nSPS) is 39.1. The van der Waals surface area contributed by atoms with Gasteiger partial charge in [-0.2, -0.15) is 0 Å². The number of ether oxygens (including phenoxy) is 1. The van der Waals surface area contributed by atoms with Gasteiger partial charge in [0, 0.05) is 5.41 Å². The Kier molecular flexibility index (Phi) is 4.05. The van der Waals surface area contributed by atoms with E-state index in [1.54, 1.807) is 7.11 Å². The second-order valence-corrected chi connectivity index (χ2v) is 9.79. The van der Waals surface area contributed by atoms with Crippen molar-refractivity contribution in [2.75, 3.05) is 13.7 Å². The van der Waals surface area contributed by atoms with Gasteiger partial charge in [-0.1, -0.05) is 6.07 Å². The molecule has 4 bridgehead atoms. The van der Waals surface area contributed by atoms with Crippen molar-refractivity contribution in [1.82, 2.24) is 5.32 Å². The molecule has 146 valence electrons. The van der Waals surface area contributed by atoms with Crippen molar-refractivity contribution in [3.63, 3.8) is 0 Å². The lowest BCUT2D eigenvalue weighted by atomic mass is 9.49. The molecule has 5 aliphatic carbocycles. The molecule has 0 spiro atoms. The fourth-order valence-corrected chi connectivity index (χ4v) is 7.05. The first kappa shape index (κ1) is 17.5. The number of rotatable bonds is 4. The average Bonchev–Trinajstić information content (AvgIpc) is 2.65. The van der Waals surface area contributed by atoms with Gasteiger partial charge in [0.15, 0.2) is 0 Å².